The molecule has 0 aromatic heterocycles. The van der Waals surface area contributed by atoms with E-state index in [9.17, 15) is 9.59 Å². The van der Waals surface area contributed by atoms with Crippen LogP contribution in [0.5, 0.6) is 0 Å². The Labute approximate surface area is 95.6 Å². The quantitative estimate of drug-likeness (QED) is 0.667. The molecule has 1 atom stereocenters. The van der Waals surface area contributed by atoms with Crippen LogP contribution in [0.15, 0.2) is 0 Å². The number of nitrogens with two attached hydrogens (primary N) is 1. The molecule has 0 radical (unpaired) electrons. The Morgan fingerprint density at radius 1 is 1.44 bits per heavy atom. The highest BCUT2D eigenvalue weighted by Crippen LogP contribution is 2.27. The third kappa shape index (κ3) is 4.61. The van der Waals surface area contributed by atoms with Crippen molar-refractivity contribution in [2.45, 2.75) is 51.1 Å². The average Bonchev–Trinajstić information content (AvgIpc) is 2.98. The van der Waals surface area contributed by atoms with E-state index in [0.29, 0.717) is 19.4 Å². The van der Waals surface area contributed by atoms with Gasteiger partial charge in [-0.25, -0.2) is 0 Å². The normalized spacial score (nSPS) is 16.9. The van der Waals surface area contributed by atoms with Gasteiger partial charge in [0.15, 0.2) is 0 Å². The van der Waals surface area contributed by atoms with Gasteiger partial charge in [-0.2, -0.15) is 0 Å². The summed E-state index contributed by atoms with van der Waals surface area (Å²) in [4.78, 5) is 24.0. The lowest BCUT2D eigenvalue weighted by molar-refractivity contribution is -0.138. The number of amides is 1. The Balaban J connectivity index is 2.36. The summed E-state index contributed by atoms with van der Waals surface area (Å²) >= 11 is 0. The summed E-state index contributed by atoms with van der Waals surface area (Å²) in [5, 5.41) is 8.61. The molecule has 5 heteroatoms. The van der Waals surface area contributed by atoms with Crippen LogP contribution in [0.25, 0.3) is 0 Å². The molecule has 0 bridgehead atoms. The Hall–Kier alpha value is -1.10. The van der Waals surface area contributed by atoms with Crippen LogP contribution in [0, 0.1) is 0 Å². The average molecular weight is 228 g/mol. The van der Waals surface area contributed by atoms with Crippen molar-refractivity contribution in [3.63, 3.8) is 0 Å². The second-order valence-electron chi connectivity index (χ2n) is 4.48. The van der Waals surface area contributed by atoms with Crippen molar-refractivity contribution in [3.05, 3.63) is 0 Å². The van der Waals surface area contributed by atoms with Crippen molar-refractivity contribution in [2.24, 2.45) is 5.73 Å². The maximum absolute atomic E-state index is 11.8. The number of carbonyl (C=O) groups is 2. The molecule has 1 rings (SSSR count). The lowest BCUT2D eigenvalue weighted by Crippen LogP contribution is -2.35. The van der Waals surface area contributed by atoms with E-state index in [4.69, 9.17) is 10.8 Å². The van der Waals surface area contributed by atoms with Crippen LogP contribution in [0.3, 0.4) is 0 Å². The maximum atomic E-state index is 11.8. The topological polar surface area (TPSA) is 83.6 Å². The molecule has 0 aromatic rings. The van der Waals surface area contributed by atoms with Gasteiger partial charge in [0.05, 0.1) is 6.42 Å². The van der Waals surface area contributed by atoms with Crippen molar-refractivity contribution in [1.29, 1.82) is 0 Å². The Bertz CT molecular complexity index is 262. The minimum Gasteiger partial charge on any atom is -0.481 e. The predicted octanol–water partition coefficient (Wildman–Crippen LogP) is 0.580. The molecule has 0 aliphatic heterocycles. The van der Waals surface area contributed by atoms with Gasteiger partial charge < -0.3 is 15.7 Å². The van der Waals surface area contributed by atoms with Gasteiger partial charge >= 0.3 is 5.97 Å². The molecule has 1 saturated carbocycles. The van der Waals surface area contributed by atoms with E-state index in [-0.39, 0.29) is 24.4 Å². The van der Waals surface area contributed by atoms with Crippen LogP contribution >= 0.6 is 0 Å². The summed E-state index contributed by atoms with van der Waals surface area (Å²) in [5.74, 6) is -0.813. The van der Waals surface area contributed by atoms with Crippen LogP contribution in [-0.2, 0) is 9.59 Å². The van der Waals surface area contributed by atoms with Gasteiger partial charge in [-0.1, -0.05) is 0 Å². The molecule has 1 aliphatic rings. The zero-order valence-corrected chi connectivity index (χ0v) is 9.69. The number of hydrogen-bond donors (Lipinski definition) is 2. The molecule has 0 saturated heterocycles. The molecular weight excluding hydrogens is 208 g/mol. The fourth-order valence-electron chi connectivity index (χ4n) is 1.61. The molecule has 92 valence electrons. The monoisotopic (exact) mass is 228 g/mol. The third-order valence-electron chi connectivity index (χ3n) is 2.69. The largest absolute Gasteiger partial charge is 0.481 e. The van der Waals surface area contributed by atoms with Crippen LogP contribution in [0.2, 0.25) is 0 Å². The molecule has 1 aliphatic carbocycles. The van der Waals surface area contributed by atoms with Crippen molar-refractivity contribution in [2.75, 3.05) is 6.54 Å². The second kappa shape index (κ2) is 5.84. The number of aliphatic carboxylic acids is 1. The highest BCUT2D eigenvalue weighted by atomic mass is 16.4. The fraction of sp³-hybridized carbons (Fsp3) is 0.818. The number of hydrogen-bond acceptors (Lipinski definition) is 3. The molecule has 0 spiro atoms. The number of rotatable bonds is 7. The minimum absolute atomic E-state index is 0.0180. The van der Waals surface area contributed by atoms with E-state index >= 15 is 0 Å². The highest BCUT2D eigenvalue weighted by Gasteiger charge is 2.32. The molecule has 0 aromatic carbocycles. The zero-order valence-electron chi connectivity index (χ0n) is 9.69. The molecule has 5 nitrogen and oxygen atoms in total. The molecule has 3 N–H and O–H groups in total. The minimum atomic E-state index is -0.856. The first-order chi connectivity index (χ1) is 7.50. The van der Waals surface area contributed by atoms with Gasteiger partial charge in [-0.05, 0) is 26.2 Å². The second-order valence-corrected chi connectivity index (χ2v) is 4.48. The molecule has 16 heavy (non-hydrogen) atoms. The van der Waals surface area contributed by atoms with Crippen molar-refractivity contribution in [1.82, 2.24) is 4.90 Å². The lowest BCUT2D eigenvalue weighted by Gasteiger charge is -2.22. The number of nitrogens with zero attached hydrogens (tertiary/aromatic N) is 1. The Morgan fingerprint density at radius 2 is 2.06 bits per heavy atom. The first-order valence-electron chi connectivity index (χ1n) is 5.77. The molecular formula is C11H20N2O3. The molecule has 1 amide bonds. The van der Waals surface area contributed by atoms with Crippen LogP contribution in [0.4, 0.5) is 0 Å². The zero-order chi connectivity index (χ0) is 12.1. The summed E-state index contributed by atoms with van der Waals surface area (Å²) in [5.41, 5.74) is 5.59. The van der Waals surface area contributed by atoms with Gasteiger partial charge in [0.25, 0.3) is 0 Å². The van der Waals surface area contributed by atoms with Gasteiger partial charge in [-0.3, -0.25) is 9.59 Å². The molecule has 1 unspecified atom stereocenters. The van der Waals surface area contributed by atoms with E-state index in [1.165, 1.54) is 0 Å². The predicted molar refractivity (Wildman–Crippen MR) is 59.9 cm³/mol. The molecule has 0 heterocycles. The maximum Gasteiger partial charge on any atom is 0.305 e. The number of carboxylic acid groups (broad SMARTS) is 1. The van der Waals surface area contributed by atoms with Crippen molar-refractivity contribution < 1.29 is 14.7 Å². The van der Waals surface area contributed by atoms with Crippen LogP contribution in [-0.4, -0.2) is 40.5 Å². The SMILES string of the molecule is CC(N)CCC(=O)N(CCC(=O)O)C1CC1. The van der Waals surface area contributed by atoms with Gasteiger partial charge in [0, 0.05) is 25.0 Å². The van der Waals surface area contributed by atoms with Gasteiger partial charge in [-0.15, -0.1) is 0 Å². The Morgan fingerprint density at radius 3 is 2.50 bits per heavy atom. The lowest BCUT2D eigenvalue weighted by atomic mass is 10.2. The summed E-state index contributed by atoms with van der Waals surface area (Å²) < 4.78 is 0. The van der Waals surface area contributed by atoms with E-state index in [1.807, 2.05) is 6.92 Å². The van der Waals surface area contributed by atoms with Gasteiger partial charge in [0.2, 0.25) is 5.91 Å². The smallest absolute Gasteiger partial charge is 0.305 e. The Kier molecular flexibility index (Phi) is 4.73. The first kappa shape index (κ1) is 13.0. The van der Waals surface area contributed by atoms with E-state index in [2.05, 4.69) is 0 Å². The number of carbonyl (C=O) groups excluding carboxylic acids is 1. The van der Waals surface area contributed by atoms with Crippen molar-refractivity contribution in [3.8, 4) is 0 Å². The van der Waals surface area contributed by atoms with Crippen LogP contribution < -0.4 is 5.73 Å². The summed E-state index contributed by atoms with van der Waals surface area (Å²) in [6.07, 6.45) is 3.12. The standard InChI is InChI=1S/C11H20N2O3/c1-8(12)2-5-10(14)13(9-3-4-9)7-6-11(15)16/h8-9H,2-7,12H2,1H3,(H,15,16). The first-order valence-corrected chi connectivity index (χ1v) is 5.77. The van der Waals surface area contributed by atoms with Crippen molar-refractivity contribution >= 4 is 11.9 Å². The van der Waals surface area contributed by atoms with Crippen LogP contribution in [0.1, 0.15) is 39.0 Å². The van der Waals surface area contributed by atoms with E-state index in [1.54, 1.807) is 4.90 Å². The van der Waals surface area contributed by atoms with Gasteiger partial charge in [0.1, 0.15) is 0 Å². The molecule has 1 fully saturated rings. The summed E-state index contributed by atoms with van der Waals surface area (Å²) in [6, 6.07) is 0.296. The van der Waals surface area contributed by atoms with E-state index < -0.39 is 5.97 Å². The highest BCUT2D eigenvalue weighted by molar-refractivity contribution is 5.77. The number of carboxylic acids is 1. The fourth-order valence-corrected chi connectivity index (χ4v) is 1.61. The van der Waals surface area contributed by atoms with E-state index in [0.717, 1.165) is 12.8 Å². The summed E-state index contributed by atoms with van der Waals surface area (Å²) in [7, 11) is 0. The summed E-state index contributed by atoms with van der Waals surface area (Å²) in [6.45, 7) is 2.20. The third-order valence-corrected chi connectivity index (χ3v) is 2.69.